The molecule has 5 aromatic rings. The van der Waals surface area contributed by atoms with Gasteiger partial charge in [0.25, 0.3) is 0 Å². The van der Waals surface area contributed by atoms with Crippen molar-refractivity contribution in [3.63, 3.8) is 0 Å². The van der Waals surface area contributed by atoms with Crippen molar-refractivity contribution >= 4 is 27.4 Å². The minimum absolute atomic E-state index is 0.481. The molecule has 164 valence electrons. The number of ether oxygens (including phenoxy) is 2. The summed E-state index contributed by atoms with van der Waals surface area (Å²) in [6.45, 7) is 0.644. The van der Waals surface area contributed by atoms with Crippen LogP contribution in [0.3, 0.4) is 0 Å². The number of nitrogens with zero attached hydrogens (tertiary/aromatic N) is 2. The fourth-order valence-corrected chi connectivity index (χ4v) is 4.64. The SMILES string of the molecule is COc1cccc(-c2nc(N)c3sc(-c4ccc(OCCc5ccccc5)cc4)cc3n2)c1. The molecule has 2 aromatic heterocycles. The Morgan fingerprint density at radius 3 is 2.42 bits per heavy atom. The first-order chi connectivity index (χ1) is 16.2. The van der Waals surface area contributed by atoms with Gasteiger partial charge in [0.2, 0.25) is 0 Å². The van der Waals surface area contributed by atoms with E-state index >= 15 is 0 Å². The molecule has 0 saturated carbocycles. The Morgan fingerprint density at radius 1 is 0.818 bits per heavy atom. The number of benzene rings is 3. The molecule has 6 heteroatoms. The fourth-order valence-electron chi connectivity index (χ4n) is 3.63. The monoisotopic (exact) mass is 453 g/mol. The molecule has 5 rings (SSSR count). The molecular formula is C27H23N3O2S. The van der Waals surface area contributed by atoms with Gasteiger partial charge in [0.1, 0.15) is 17.3 Å². The molecule has 0 unspecified atom stereocenters. The Kier molecular flexibility index (Phi) is 5.91. The molecule has 2 heterocycles. The van der Waals surface area contributed by atoms with Crippen LogP contribution in [0.2, 0.25) is 0 Å². The van der Waals surface area contributed by atoms with Crippen LogP contribution < -0.4 is 15.2 Å². The molecule has 0 saturated heterocycles. The summed E-state index contributed by atoms with van der Waals surface area (Å²) in [5.74, 6) is 2.68. The maximum atomic E-state index is 6.29. The lowest BCUT2D eigenvalue weighted by atomic mass is 10.1. The first kappa shape index (κ1) is 21.0. The summed E-state index contributed by atoms with van der Waals surface area (Å²) >= 11 is 1.59. The van der Waals surface area contributed by atoms with Crippen LogP contribution >= 0.6 is 11.3 Å². The molecular weight excluding hydrogens is 430 g/mol. The summed E-state index contributed by atoms with van der Waals surface area (Å²) < 4.78 is 12.1. The quantitative estimate of drug-likeness (QED) is 0.316. The smallest absolute Gasteiger partial charge is 0.162 e. The Hall–Kier alpha value is -3.90. The van der Waals surface area contributed by atoms with Crippen LogP contribution in [0, 0.1) is 0 Å². The summed E-state index contributed by atoms with van der Waals surface area (Å²) in [6, 6.07) is 28.2. The number of anilines is 1. The van der Waals surface area contributed by atoms with E-state index in [9.17, 15) is 0 Å². The zero-order valence-corrected chi connectivity index (χ0v) is 19.0. The first-order valence-corrected chi connectivity index (χ1v) is 11.5. The van der Waals surface area contributed by atoms with Gasteiger partial charge in [-0.05, 0) is 53.6 Å². The minimum atomic E-state index is 0.481. The van der Waals surface area contributed by atoms with Gasteiger partial charge in [-0.25, -0.2) is 9.97 Å². The lowest BCUT2D eigenvalue weighted by Crippen LogP contribution is -2.00. The van der Waals surface area contributed by atoms with Gasteiger partial charge in [-0.15, -0.1) is 11.3 Å². The number of nitrogen functional groups attached to an aromatic ring is 1. The van der Waals surface area contributed by atoms with Crippen LogP contribution in [0.1, 0.15) is 5.56 Å². The second kappa shape index (κ2) is 9.30. The minimum Gasteiger partial charge on any atom is -0.497 e. The predicted octanol–water partition coefficient (Wildman–Crippen LogP) is 6.24. The third-order valence-electron chi connectivity index (χ3n) is 5.37. The van der Waals surface area contributed by atoms with Gasteiger partial charge in [0, 0.05) is 16.9 Å². The summed E-state index contributed by atoms with van der Waals surface area (Å²) in [7, 11) is 1.64. The van der Waals surface area contributed by atoms with Gasteiger partial charge in [-0.2, -0.15) is 0 Å². The zero-order chi connectivity index (χ0) is 22.6. The van der Waals surface area contributed by atoms with Crippen LogP contribution in [-0.4, -0.2) is 23.7 Å². The topological polar surface area (TPSA) is 70.3 Å². The van der Waals surface area contributed by atoms with E-state index in [2.05, 4.69) is 35.3 Å². The summed E-state index contributed by atoms with van der Waals surface area (Å²) in [6.07, 6.45) is 0.881. The summed E-state index contributed by atoms with van der Waals surface area (Å²) in [5.41, 5.74) is 10.4. The summed E-state index contributed by atoms with van der Waals surface area (Å²) in [5, 5.41) is 0. The van der Waals surface area contributed by atoms with Gasteiger partial charge in [0.15, 0.2) is 5.82 Å². The molecule has 0 fully saturated rings. The highest BCUT2D eigenvalue weighted by Gasteiger charge is 2.13. The normalized spacial score (nSPS) is 10.9. The van der Waals surface area contributed by atoms with E-state index in [0.29, 0.717) is 18.2 Å². The number of aromatic nitrogens is 2. The lowest BCUT2D eigenvalue weighted by Gasteiger charge is -2.07. The molecule has 0 atom stereocenters. The van der Waals surface area contributed by atoms with E-state index in [0.717, 1.165) is 44.1 Å². The van der Waals surface area contributed by atoms with Crippen LogP contribution in [0.5, 0.6) is 11.5 Å². The fraction of sp³-hybridized carbons (Fsp3) is 0.111. The van der Waals surface area contributed by atoms with E-state index < -0.39 is 0 Å². The Morgan fingerprint density at radius 2 is 1.64 bits per heavy atom. The Labute approximate surface area is 196 Å². The number of rotatable bonds is 7. The molecule has 33 heavy (non-hydrogen) atoms. The predicted molar refractivity (Wildman–Crippen MR) is 135 cm³/mol. The third-order valence-corrected chi connectivity index (χ3v) is 6.56. The van der Waals surface area contributed by atoms with Crippen LogP contribution in [0.15, 0.2) is 84.9 Å². The van der Waals surface area contributed by atoms with Crippen molar-refractivity contribution in [1.82, 2.24) is 9.97 Å². The molecule has 0 bridgehead atoms. The summed E-state index contributed by atoms with van der Waals surface area (Å²) in [4.78, 5) is 10.4. The molecule has 3 aromatic carbocycles. The van der Waals surface area contributed by atoms with Gasteiger partial charge in [0.05, 0.1) is 23.9 Å². The van der Waals surface area contributed by atoms with Crippen LogP contribution in [-0.2, 0) is 6.42 Å². The molecule has 2 N–H and O–H groups in total. The average molecular weight is 454 g/mol. The zero-order valence-electron chi connectivity index (χ0n) is 18.2. The van der Waals surface area contributed by atoms with Crippen LogP contribution in [0.4, 0.5) is 5.82 Å². The number of methoxy groups -OCH3 is 1. The van der Waals surface area contributed by atoms with Crippen molar-refractivity contribution in [3.8, 4) is 33.3 Å². The van der Waals surface area contributed by atoms with E-state index in [4.69, 9.17) is 20.2 Å². The maximum absolute atomic E-state index is 6.29. The van der Waals surface area contributed by atoms with Crippen molar-refractivity contribution < 1.29 is 9.47 Å². The second-order valence-electron chi connectivity index (χ2n) is 7.60. The molecule has 5 nitrogen and oxygen atoms in total. The molecule has 0 spiro atoms. The second-order valence-corrected chi connectivity index (χ2v) is 8.65. The van der Waals surface area contributed by atoms with Crippen molar-refractivity contribution in [2.24, 2.45) is 0 Å². The van der Waals surface area contributed by atoms with Crippen LogP contribution in [0.25, 0.3) is 32.0 Å². The number of hydrogen-bond donors (Lipinski definition) is 1. The number of nitrogens with two attached hydrogens (primary N) is 1. The molecule has 0 aliphatic carbocycles. The van der Waals surface area contributed by atoms with Gasteiger partial charge < -0.3 is 15.2 Å². The third kappa shape index (κ3) is 4.66. The highest BCUT2D eigenvalue weighted by molar-refractivity contribution is 7.22. The van der Waals surface area contributed by atoms with Gasteiger partial charge in [-0.3, -0.25) is 0 Å². The largest absolute Gasteiger partial charge is 0.497 e. The Bertz CT molecular complexity index is 1380. The van der Waals surface area contributed by atoms with Gasteiger partial charge in [-0.1, -0.05) is 42.5 Å². The van der Waals surface area contributed by atoms with Crippen molar-refractivity contribution in [2.75, 3.05) is 19.5 Å². The van der Waals surface area contributed by atoms with E-state index in [1.165, 1.54) is 5.56 Å². The highest BCUT2D eigenvalue weighted by atomic mass is 32.1. The number of hydrogen-bond acceptors (Lipinski definition) is 6. The maximum Gasteiger partial charge on any atom is 0.162 e. The van der Waals surface area contributed by atoms with Crippen molar-refractivity contribution in [2.45, 2.75) is 6.42 Å². The first-order valence-electron chi connectivity index (χ1n) is 10.7. The standard InChI is InChI=1S/C27H23N3O2S/c1-31-22-9-5-8-20(16-22)27-29-23-17-24(33-25(23)26(28)30-27)19-10-12-21(13-11-19)32-15-14-18-6-3-2-4-7-18/h2-13,16-17H,14-15H2,1H3,(H2,28,29,30). The van der Waals surface area contributed by atoms with Crippen molar-refractivity contribution in [3.05, 3.63) is 90.5 Å². The Balaban J connectivity index is 1.34. The van der Waals surface area contributed by atoms with E-state index in [1.807, 2.05) is 54.6 Å². The molecule has 0 aliphatic rings. The van der Waals surface area contributed by atoms with Gasteiger partial charge >= 0.3 is 0 Å². The van der Waals surface area contributed by atoms with E-state index in [1.54, 1.807) is 18.4 Å². The molecule has 0 aliphatic heterocycles. The average Bonchev–Trinajstić information content (AvgIpc) is 3.30. The molecule has 0 radical (unpaired) electrons. The van der Waals surface area contributed by atoms with E-state index in [-0.39, 0.29) is 0 Å². The van der Waals surface area contributed by atoms with Crippen molar-refractivity contribution in [1.29, 1.82) is 0 Å². The number of thiophene rings is 1. The lowest BCUT2D eigenvalue weighted by molar-refractivity contribution is 0.322. The molecule has 0 amide bonds. The highest BCUT2D eigenvalue weighted by Crippen LogP contribution is 2.37. The number of fused-ring (bicyclic) bond motifs is 1.